The van der Waals surface area contributed by atoms with E-state index in [-0.39, 0.29) is 18.1 Å². The number of carbonyl (C=O) groups excluding carboxylic acids is 1. The Morgan fingerprint density at radius 2 is 1.91 bits per heavy atom. The Labute approximate surface area is 135 Å². The number of methoxy groups -OCH3 is 2. The third-order valence-corrected chi connectivity index (χ3v) is 3.54. The van der Waals surface area contributed by atoms with E-state index in [1.807, 2.05) is 31.2 Å². The minimum absolute atomic E-state index is 0.0670. The van der Waals surface area contributed by atoms with Crippen LogP contribution in [0, 0.1) is 6.92 Å². The molecule has 0 unspecified atom stereocenters. The first-order valence-corrected chi connectivity index (χ1v) is 7.34. The van der Waals surface area contributed by atoms with Crippen LogP contribution in [0.2, 0.25) is 0 Å². The molecule has 2 aromatic carbocycles. The number of carbonyl (C=O) groups is 1. The molecule has 122 valence electrons. The predicted molar refractivity (Wildman–Crippen MR) is 89.3 cm³/mol. The number of aromatic hydroxyl groups is 1. The molecule has 0 heterocycles. The largest absolute Gasteiger partial charge is 0.506 e. The molecule has 2 N–H and O–H groups in total. The van der Waals surface area contributed by atoms with Crippen LogP contribution in [0.15, 0.2) is 36.4 Å². The van der Waals surface area contributed by atoms with E-state index in [4.69, 9.17) is 9.47 Å². The highest BCUT2D eigenvalue weighted by atomic mass is 16.5. The second kappa shape index (κ2) is 7.54. The molecular weight excluding hydrogens is 294 g/mol. The Bertz CT molecular complexity index is 697. The van der Waals surface area contributed by atoms with Crippen molar-refractivity contribution in [2.75, 3.05) is 19.5 Å². The van der Waals surface area contributed by atoms with E-state index in [1.165, 1.54) is 0 Å². The average Bonchev–Trinajstić information content (AvgIpc) is 2.55. The number of benzene rings is 2. The number of amides is 1. The van der Waals surface area contributed by atoms with Crippen molar-refractivity contribution in [1.29, 1.82) is 0 Å². The van der Waals surface area contributed by atoms with E-state index in [9.17, 15) is 9.90 Å². The highest BCUT2D eigenvalue weighted by molar-refractivity contribution is 5.92. The monoisotopic (exact) mass is 315 g/mol. The minimum atomic E-state index is -0.172. The first-order valence-electron chi connectivity index (χ1n) is 7.34. The van der Waals surface area contributed by atoms with Gasteiger partial charge in [-0.15, -0.1) is 0 Å². The van der Waals surface area contributed by atoms with E-state index in [2.05, 4.69) is 5.32 Å². The molecule has 0 atom stereocenters. The number of phenols is 1. The summed E-state index contributed by atoms with van der Waals surface area (Å²) in [5.74, 6) is 1.33. The van der Waals surface area contributed by atoms with Crippen LogP contribution < -0.4 is 14.8 Å². The lowest BCUT2D eigenvalue weighted by molar-refractivity contribution is -0.116. The number of rotatable bonds is 6. The van der Waals surface area contributed by atoms with Gasteiger partial charge in [-0.2, -0.15) is 0 Å². The number of phenolic OH excluding ortho intramolecular Hbond substituents is 1. The second-order valence-electron chi connectivity index (χ2n) is 5.25. The van der Waals surface area contributed by atoms with E-state index in [0.717, 1.165) is 22.6 Å². The third-order valence-electron chi connectivity index (χ3n) is 3.54. The summed E-state index contributed by atoms with van der Waals surface area (Å²) in [6.07, 6.45) is 0.787. The van der Waals surface area contributed by atoms with Gasteiger partial charge < -0.3 is 19.9 Å². The molecule has 0 aliphatic heterocycles. The predicted octanol–water partition coefficient (Wildman–Crippen LogP) is 3.29. The molecule has 0 saturated carbocycles. The van der Waals surface area contributed by atoms with Crippen molar-refractivity contribution in [2.24, 2.45) is 0 Å². The quantitative estimate of drug-likeness (QED) is 0.803. The molecular formula is C18H21NO4. The summed E-state index contributed by atoms with van der Waals surface area (Å²) < 4.78 is 10.5. The van der Waals surface area contributed by atoms with Crippen molar-refractivity contribution >= 4 is 11.6 Å². The van der Waals surface area contributed by atoms with Gasteiger partial charge in [-0.3, -0.25) is 4.79 Å². The van der Waals surface area contributed by atoms with Crippen molar-refractivity contribution in [3.63, 3.8) is 0 Å². The fourth-order valence-corrected chi connectivity index (χ4v) is 2.29. The Balaban J connectivity index is 2.01. The SMILES string of the molecule is COc1ccc(OC)c(CCC(=O)Nc2ccc(C)cc2O)c1. The zero-order valence-electron chi connectivity index (χ0n) is 13.6. The van der Waals surface area contributed by atoms with E-state index in [0.29, 0.717) is 12.1 Å². The molecule has 0 bridgehead atoms. The summed E-state index contributed by atoms with van der Waals surface area (Å²) in [6, 6.07) is 10.6. The number of anilines is 1. The van der Waals surface area contributed by atoms with Crippen molar-refractivity contribution < 1.29 is 19.4 Å². The Morgan fingerprint density at radius 1 is 1.13 bits per heavy atom. The summed E-state index contributed by atoms with van der Waals surface area (Å²) in [5, 5.41) is 12.5. The van der Waals surface area contributed by atoms with Gasteiger partial charge in [-0.1, -0.05) is 6.07 Å². The van der Waals surface area contributed by atoms with E-state index < -0.39 is 0 Å². The first-order chi connectivity index (χ1) is 11.0. The highest BCUT2D eigenvalue weighted by Crippen LogP contribution is 2.26. The normalized spacial score (nSPS) is 10.2. The topological polar surface area (TPSA) is 67.8 Å². The number of hydrogen-bond donors (Lipinski definition) is 2. The molecule has 2 rings (SSSR count). The molecule has 2 aromatic rings. The highest BCUT2D eigenvalue weighted by Gasteiger charge is 2.10. The van der Waals surface area contributed by atoms with Crippen LogP contribution >= 0.6 is 0 Å². The summed E-state index contributed by atoms with van der Waals surface area (Å²) >= 11 is 0. The maximum absolute atomic E-state index is 12.1. The van der Waals surface area contributed by atoms with Crippen LogP contribution in [-0.2, 0) is 11.2 Å². The van der Waals surface area contributed by atoms with E-state index >= 15 is 0 Å². The summed E-state index contributed by atoms with van der Waals surface area (Å²) in [7, 11) is 3.19. The zero-order chi connectivity index (χ0) is 16.8. The molecule has 5 heteroatoms. The van der Waals surface area contributed by atoms with Crippen LogP contribution in [0.5, 0.6) is 17.2 Å². The maximum atomic E-state index is 12.1. The average molecular weight is 315 g/mol. The molecule has 5 nitrogen and oxygen atoms in total. The van der Waals surface area contributed by atoms with Crippen LogP contribution in [-0.4, -0.2) is 25.2 Å². The Morgan fingerprint density at radius 3 is 2.57 bits per heavy atom. The lowest BCUT2D eigenvalue weighted by Crippen LogP contribution is -2.12. The van der Waals surface area contributed by atoms with Gasteiger partial charge >= 0.3 is 0 Å². The summed E-state index contributed by atoms with van der Waals surface area (Å²) in [6.45, 7) is 1.88. The fraction of sp³-hybridized carbons (Fsp3) is 0.278. The van der Waals surface area contributed by atoms with Crippen molar-refractivity contribution in [3.8, 4) is 17.2 Å². The fourth-order valence-electron chi connectivity index (χ4n) is 2.29. The molecule has 0 aromatic heterocycles. The van der Waals surface area contributed by atoms with Gasteiger partial charge in [0, 0.05) is 6.42 Å². The molecule has 0 aliphatic rings. The third kappa shape index (κ3) is 4.39. The lowest BCUT2D eigenvalue weighted by atomic mass is 10.1. The molecule has 0 spiro atoms. The van der Waals surface area contributed by atoms with Crippen LogP contribution in [0.1, 0.15) is 17.5 Å². The first kappa shape index (κ1) is 16.7. The minimum Gasteiger partial charge on any atom is -0.506 e. The van der Waals surface area contributed by atoms with Gasteiger partial charge in [0.1, 0.15) is 17.2 Å². The molecule has 0 fully saturated rings. The lowest BCUT2D eigenvalue weighted by Gasteiger charge is -2.11. The van der Waals surface area contributed by atoms with Crippen molar-refractivity contribution in [1.82, 2.24) is 0 Å². The molecule has 1 amide bonds. The van der Waals surface area contributed by atoms with Gasteiger partial charge in [-0.05, 0) is 54.8 Å². The van der Waals surface area contributed by atoms with Gasteiger partial charge in [0.25, 0.3) is 0 Å². The van der Waals surface area contributed by atoms with Crippen LogP contribution in [0.4, 0.5) is 5.69 Å². The summed E-state index contributed by atoms with van der Waals surface area (Å²) in [4.78, 5) is 12.1. The number of aryl methyl sites for hydroxylation is 2. The Kier molecular flexibility index (Phi) is 5.46. The molecule has 0 aliphatic carbocycles. The van der Waals surface area contributed by atoms with Gasteiger partial charge in [0.15, 0.2) is 0 Å². The van der Waals surface area contributed by atoms with Gasteiger partial charge in [-0.25, -0.2) is 0 Å². The number of ether oxygens (including phenoxy) is 2. The summed E-state index contributed by atoms with van der Waals surface area (Å²) in [5.41, 5.74) is 2.25. The van der Waals surface area contributed by atoms with Gasteiger partial charge in [0.05, 0.1) is 19.9 Å². The van der Waals surface area contributed by atoms with E-state index in [1.54, 1.807) is 26.4 Å². The van der Waals surface area contributed by atoms with Crippen LogP contribution in [0.25, 0.3) is 0 Å². The smallest absolute Gasteiger partial charge is 0.224 e. The number of hydrogen-bond acceptors (Lipinski definition) is 4. The van der Waals surface area contributed by atoms with Crippen molar-refractivity contribution in [3.05, 3.63) is 47.5 Å². The van der Waals surface area contributed by atoms with Crippen molar-refractivity contribution in [2.45, 2.75) is 19.8 Å². The molecule has 0 saturated heterocycles. The molecule has 0 radical (unpaired) electrons. The van der Waals surface area contributed by atoms with Gasteiger partial charge in [0.2, 0.25) is 5.91 Å². The standard InChI is InChI=1S/C18H21NO4/c1-12-4-7-15(16(20)10-12)19-18(21)9-5-13-11-14(22-2)6-8-17(13)23-3/h4,6-8,10-11,20H,5,9H2,1-3H3,(H,19,21). The Hall–Kier alpha value is -2.69. The zero-order valence-corrected chi connectivity index (χ0v) is 13.6. The van der Waals surface area contributed by atoms with Crippen LogP contribution in [0.3, 0.4) is 0 Å². The second-order valence-corrected chi connectivity index (χ2v) is 5.25. The number of nitrogens with one attached hydrogen (secondary N) is 1. The maximum Gasteiger partial charge on any atom is 0.224 e. The molecule has 23 heavy (non-hydrogen) atoms.